The zero-order valence-electron chi connectivity index (χ0n) is 12.1. The monoisotopic (exact) mass is 257 g/mol. The van der Waals surface area contributed by atoms with Crippen LogP contribution >= 0.6 is 0 Å². The lowest BCUT2D eigenvalue weighted by Crippen LogP contribution is -2.21. The summed E-state index contributed by atoms with van der Waals surface area (Å²) in [6, 6.07) is 6.85. The third-order valence-electron chi connectivity index (χ3n) is 3.58. The Bertz CT molecular complexity index is 543. The Morgan fingerprint density at radius 2 is 2.11 bits per heavy atom. The molecule has 2 rings (SSSR count). The Kier molecular flexibility index (Phi) is 4.38. The van der Waals surface area contributed by atoms with Crippen LogP contribution in [0, 0.1) is 6.92 Å². The van der Waals surface area contributed by atoms with Crippen molar-refractivity contribution < 1.29 is 0 Å². The first-order valence-electron chi connectivity index (χ1n) is 7.03. The maximum Gasteiger partial charge on any atom is 0.112 e. The van der Waals surface area contributed by atoms with E-state index >= 15 is 0 Å². The summed E-state index contributed by atoms with van der Waals surface area (Å²) in [4.78, 5) is 4.38. The summed E-state index contributed by atoms with van der Waals surface area (Å²) < 4.78 is 2.17. The Balaban J connectivity index is 2.29. The standard InChI is InChI=1S/C16H23N3/c1-4-14(17)11-13-6-7-15(12(3)10-13)19-9-8-18-16(19)5-2/h6-10,14H,4-5,11,17H2,1-3H3. The molecule has 19 heavy (non-hydrogen) atoms. The summed E-state index contributed by atoms with van der Waals surface area (Å²) in [5, 5.41) is 0. The summed E-state index contributed by atoms with van der Waals surface area (Å²) in [6.45, 7) is 6.41. The summed E-state index contributed by atoms with van der Waals surface area (Å²) in [5.41, 5.74) is 9.81. The van der Waals surface area contributed by atoms with Gasteiger partial charge >= 0.3 is 0 Å². The smallest absolute Gasteiger partial charge is 0.112 e. The predicted octanol–water partition coefficient (Wildman–Crippen LogP) is 3.02. The summed E-state index contributed by atoms with van der Waals surface area (Å²) in [6.07, 6.45) is 6.79. The fourth-order valence-corrected chi connectivity index (χ4v) is 2.38. The number of benzene rings is 1. The average Bonchev–Trinajstić information content (AvgIpc) is 2.87. The maximum atomic E-state index is 6.02. The molecular formula is C16H23N3. The molecule has 1 atom stereocenters. The van der Waals surface area contributed by atoms with Crippen LogP contribution in [-0.2, 0) is 12.8 Å². The zero-order chi connectivity index (χ0) is 13.8. The lowest BCUT2D eigenvalue weighted by atomic mass is 10.0. The van der Waals surface area contributed by atoms with Gasteiger partial charge in [0.25, 0.3) is 0 Å². The maximum absolute atomic E-state index is 6.02. The van der Waals surface area contributed by atoms with Gasteiger partial charge in [0.15, 0.2) is 0 Å². The first-order valence-corrected chi connectivity index (χ1v) is 7.03. The summed E-state index contributed by atoms with van der Waals surface area (Å²) >= 11 is 0. The molecule has 0 aliphatic carbocycles. The average molecular weight is 257 g/mol. The lowest BCUT2D eigenvalue weighted by Gasteiger charge is -2.13. The fraction of sp³-hybridized carbons (Fsp3) is 0.438. The minimum absolute atomic E-state index is 0.254. The van der Waals surface area contributed by atoms with Gasteiger partial charge in [0, 0.05) is 30.5 Å². The third kappa shape index (κ3) is 3.04. The molecule has 0 amide bonds. The van der Waals surface area contributed by atoms with E-state index in [1.165, 1.54) is 16.8 Å². The van der Waals surface area contributed by atoms with E-state index in [0.29, 0.717) is 0 Å². The number of aromatic nitrogens is 2. The number of hydrogen-bond donors (Lipinski definition) is 1. The molecule has 0 spiro atoms. The molecule has 3 nitrogen and oxygen atoms in total. The minimum atomic E-state index is 0.254. The van der Waals surface area contributed by atoms with Gasteiger partial charge in [-0.2, -0.15) is 0 Å². The number of aryl methyl sites for hydroxylation is 2. The van der Waals surface area contributed by atoms with E-state index in [1.807, 2.05) is 12.4 Å². The summed E-state index contributed by atoms with van der Waals surface area (Å²) in [5.74, 6) is 1.10. The van der Waals surface area contributed by atoms with Gasteiger partial charge in [0.05, 0.1) is 0 Å². The van der Waals surface area contributed by atoms with Crippen molar-refractivity contribution in [1.29, 1.82) is 0 Å². The molecule has 102 valence electrons. The van der Waals surface area contributed by atoms with Crippen LogP contribution in [0.4, 0.5) is 0 Å². The van der Waals surface area contributed by atoms with Crippen molar-refractivity contribution in [3.05, 3.63) is 47.5 Å². The van der Waals surface area contributed by atoms with Crippen LogP contribution in [0.5, 0.6) is 0 Å². The highest BCUT2D eigenvalue weighted by molar-refractivity contribution is 5.44. The first kappa shape index (κ1) is 13.8. The number of rotatable bonds is 5. The summed E-state index contributed by atoms with van der Waals surface area (Å²) in [7, 11) is 0. The largest absolute Gasteiger partial charge is 0.327 e. The van der Waals surface area contributed by atoms with Gasteiger partial charge in [-0.15, -0.1) is 0 Å². The molecule has 1 aromatic heterocycles. The first-order chi connectivity index (χ1) is 9.15. The second kappa shape index (κ2) is 6.02. The van der Waals surface area contributed by atoms with E-state index in [0.717, 1.165) is 25.1 Å². The van der Waals surface area contributed by atoms with Crippen molar-refractivity contribution >= 4 is 0 Å². The SMILES string of the molecule is CCc1nccn1-c1ccc(CC(N)CC)cc1C. The van der Waals surface area contributed by atoms with Gasteiger partial charge in [-0.05, 0) is 37.0 Å². The molecular weight excluding hydrogens is 234 g/mol. The highest BCUT2D eigenvalue weighted by Crippen LogP contribution is 2.18. The van der Waals surface area contributed by atoms with Crippen LogP contribution < -0.4 is 5.73 Å². The highest BCUT2D eigenvalue weighted by atomic mass is 15.1. The molecule has 1 unspecified atom stereocenters. The normalized spacial score (nSPS) is 12.6. The number of imidazole rings is 1. The van der Waals surface area contributed by atoms with E-state index in [-0.39, 0.29) is 6.04 Å². The molecule has 0 radical (unpaired) electrons. The third-order valence-corrected chi connectivity index (χ3v) is 3.58. The zero-order valence-corrected chi connectivity index (χ0v) is 12.1. The highest BCUT2D eigenvalue weighted by Gasteiger charge is 2.08. The Morgan fingerprint density at radius 1 is 1.32 bits per heavy atom. The second-order valence-corrected chi connectivity index (χ2v) is 5.06. The molecule has 2 N–H and O–H groups in total. The van der Waals surface area contributed by atoms with Crippen LogP contribution in [0.25, 0.3) is 5.69 Å². The van der Waals surface area contributed by atoms with Crippen molar-refractivity contribution in [1.82, 2.24) is 9.55 Å². The molecule has 1 aromatic carbocycles. The van der Waals surface area contributed by atoms with Crippen LogP contribution in [-0.4, -0.2) is 15.6 Å². The van der Waals surface area contributed by atoms with E-state index in [9.17, 15) is 0 Å². The fourth-order valence-electron chi connectivity index (χ4n) is 2.38. The van der Waals surface area contributed by atoms with Crippen LogP contribution in [0.1, 0.15) is 37.2 Å². The molecule has 3 heteroatoms. The van der Waals surface area contributed by atoms with Crippen molar-refractivity contribution in [3.63, 3.8) is 0 Å². The molecule has 0 saturated heterocycles. The molecule has 1 heterocycles. The van der Waals surface area contributed by atoms with Gasteiger partial charge in [0.2, 0.25) is 0 Å². The number of nitrogens with two attached hydrogens (primary N) is 1. The van der Waals surface area contributed by atoms with Crippen molar-refractivity contribution in [2.75, 3.05) is 0 Å². The van der Waals surface area contributed by atoms with Crippen molar-refractivity contribution in [3.8, 4) is 5.69 Å². The number of hydrogen-bond acceptors (Lipinski definition) is 2. The van der Waals surface area contributed by atoms with Crippen molar-refractivity contribution in [2.45, 2.75) is 46.1 Å². The second-order valence-electron chi connectivity index (χ2n) is 5.06. The molecule has 0 aliphatic rings. The molecule has 2 aromatic rings. The Hall–Kier alpha value is -1.61. The van der Waals surface area contributed by atoms with Crippen molar-refractivity contribution in [2.24, 2.45) is 5.73 Å². The van der Waals surface area contributed by atoms with Gasteiger partial charge < -0.3 is 10.3 Å². The van der Waals surface area contributed by atoms with Crippen LogP contribution in [0.3, 0.4) is 0 Å². The topological polar surface area (TPSA) is 43.8 Å². The van der Waals surface area contributed by atoms with Gasteiger partial charge in [-0.3, -0.25) is 0 Å². The van der Waals surface area contributed by atoms with E-state index in [2.05, 4.69) is 48.5 Å². The number of nitrogens with zero attached hydrogens (tertiary/aromatic N) is 2. The molecule has 0 fully saturated rings. The van der Waals surface area contributed by atoms with Crippen LogP contribution in [0.2, 0.25) is 0 Å². The molecule has 0 bridgehead atoms. The van der Waals surface area contributed by atoms with Gasteiger partial charge in [0.1, 0.15) is 5.82 Å². The van der Waals surface area contributed by atoms with Gasteiger partial charge in [-0.1, -0.05) is 26.0 Å². The predicted molar refractivity (Wildman–Crippen MR) is 79.6 cm³/mol. The van der Waals surface area contributed by atoms with Crippen LogP contribution in [0.15, 0.2) is 30.6 Å². The molecule has 0 saturated carbocycles. The lowest BCUT2D eigenvalue weighted by molar-refractivity contribution is 0.646. The quantitative estimate of drug-likeness (QED) is 0.894. The van der Waals surface area contributed by atoms with E-state index < -0.39 is 0 Å². The van der Waals surface area contributed by atoms with E-state index in [1.54, 1.807) is 0 Å². The minimum Gasteiger partial charge on any atom is -0.327 e. The van der Waals surface area contributed by atoms with Gasteiger partial charge in [-0.25, -0.2) is 4.98 Å². The van der Waals surface area contributed by atoms with E-state index in [4.69, 9.17) is 5.73 Å². The Labute approximate surface area is 115 Å². The Morgan fingerprint density at radius 3 is 2.74 bits per heavy atom. The molecule has 0 aliphatic heterocycles.